The van der Waals surface area contributed by atoms with Gasteiger partial charge in [-0.1, -0.05) is 35.1 Å². The van der Waals surface area contributed by atoms with Crippen LogP contribution in [0.3, 0.4) is 0 Å². The molecule has 0 radical (unpaired) electrons. The minimum Gasteiger partial charge on any atom is -0.354 e. The molecule has 1 aliphatic heterocycles. The summed E-state index contributed by atoms with van der Waals surface area (Å²) in [6.45, 7) is 10.9. The number of nitrogens with zero attached hydrogens (tertiary/aromatic N) is 5. The zero-order valence-electron chi connectivity index (χ0n) is 23.1. The van der Waals surface area contributed by atoms with Crippen LogP contribution in [-0.2, 0) is 13.6 Å². The van der Waals surface area contributed by atoms with E-state index in [2.05, 4.69) is 35.4 Å². The topological polar surface area (TPSA) is 122 Å². The number of piperazine rings is 1. The molecule has 0 bridgehead atoms. The smallest absolute Gasteiger partial charge is 0.354 e. The predicted octanol–water partition coefficient (Wildman–Crippen LogP) is 5.16. The first-order valence-corrected chi connectivity index (χ1v) is 15.6. The van der Waals surface area contributed by atoms with Crippen LogP contribution in [0.15, 0.2) is 30.5 Å². The van der Waals surface area contributed by atoms with Crippen molar-refractivity contribution in [2.45, 2.75) is 27.7 Å². The maximum absolute atomic E-state index is 12.9. The number of aryl methyl sites for hydroxylation is 2. The monoisotopic (exact) mass is 617 g/mol. The maximum atomic E-state index is 12.9. The van der Waals surface area contributed by atoms with E-state index in [4.69, 9.17) is 20.6 Å². The third-order valence-corrected chi connectivity index (χ3v) is 9.25. The van der Waals surface area contributed by atoms with Crippen LogP contribution in [-0.4, -0.2) is 94.5 Å². The molecule has 2 N–H and O–H groups in total. The van der Waals surface area contributed by atoms with E-state index in [1.807, 2.05) is 45.9 Å². The summed E-state index contributed by atoms with van der Waals surface area (Å²) in [7, 11) is -3.13. The molecular formula is C25H33ClMgN7O4PS+2. The second kappa shape index (κ2) is 14.9. The standard InChI is InChI=1S/C25H33ClN7O4PS.Mg/c1-5-36-38(35,37-6-2)16-32-10-12-33(13-11-32)22-14-21(28-18(4)29-22)30-25-27-15-20(39-25)24(34)31-23-17(3)8-7-9-19(23)26;/h7-9,14-15H,5-6,10-13,16H2,1-4H3,(H,31,34)(H,27,28,29,30);/q;+2. The summed E-state index contributed by atoms with van der Waals surface area (Å²) < 4.78 is 23.8. The van der Waals surface area contributed by atoms with Crippen molar-refractivity contribution in [1.82, 2.24) is 19.9 Å². The third-order valence-electron chi connectivity index (χ3n) is 5.97. The van der Waals surface area contributed by atoms with Gasteiger partial charge in [0.1, 0.15) is 28.6 Å². The molecule has 1 amide bonds. The molecular weight excluding hydrogens is 585 g/mol. The Morgan fingerprint density at radius 1 is 1.12 bits per heavy atom. The van der Waals surface area contributed by atoms with Gasteiger partial charge in [0.2, 0.25) is 0 Å². The molecule has 3 heterocycles. The van der Waals surface area contributed by atoms with Crippen LogP contribution in [0, 0.1) is 13.8 Å². The molecule has 0 saturated carbocycles. The molecule has 3 aromatic rings. The predicted molar refractivity (Wildman–Crippen MR) is 162 cm³/mol. The molecule has 0 aliphatic carbocycles. The first kappa shape index (κ1) is 32.7. The normalized spacial score (nSPS) is 14.1. The van der Waals surface area contributed by atoms with E-state index in [1.54, 1.807) is 6.07 Å². The SMILES string of the molecule is CCOP(=O)(CN1CCN(c2cc(Nc3ncc(C(=O)Nc4c(C)cccc4Cl)s3)nc(C)n2)CC1)OCC.[Mg+2]. The number of amides is 1. The number of benzene rings is 1. The average Bonchev–Trinajstić information content (AvgIpc) is 3.35. The van der Waals surface area contributed by atoms with E-state index >= 15 is 0 Å². The van der Waals surface area contributed by atoms with E-state index < -0.39 is 7.60 Å². The third kappa shape index (κ3) is 8.59. The Bertz CT molecular complexity index is 1330. The fourth-order valence-corrected chi connectivity index (χ4v) is 6.95. The molecule has 210 valence electrons. The van der Waals surface area contributed by atoms with Gasteiger partial charge in [-0.05, 0) is 39.3 Å². The summed E-state index contributed by atoms with van der Waals surface area (Å²) in [4.78, 5) is 30.9. The second-order valence-electron chi connectivity index (χ2n) is 8.89. The average molecular weight is 618 g/mol. The van der Waals surface area contributed by atoms with Crippen molar-refractivity contribution < 1.29 is 18.4 Å². The quantitative estimate of drug-likeness (QED) is 0.220. The van der Waals surface area contributed by atoms with Crippen molar-refractivity contribution in [3.05, 3.63) is 51.7 Å². The fraction of sp³-hybridized carbons (Fsp3) is 0.440. The molecule has 1 saturated heterocycles. The molecule has 1 aromatic carbocycles. The summed E-state index contributed by atoms with van der Waals surface area (Å²) in [6, 6.07) is 7.32. The van der Waals surface area contributed by atoms with Gasteiger partial charge in [-0.2, -0.15) is 0 Å². The molecule has 1 aliphatic rings. The number of aromatic nitrogens is 3. The largest absolute Gasteiger partial charge is 2.00 e. The Hall–Kier alpha value is -1.83. The molecule has 0 spiro atoms. The summed E-state index contributed by atoms with van der Waals surface area (Å²) in [5.74, 6) is 1.69. The Morgan fingerprint density at radius 2 is 1.82 bits per heavy atom. The van der Waals surface area contributed by atoms with E-state index in [-0.39, 0.29) is 35.2 Å². The Kier molecular flexibility index (Phi) is 12.2. The number of nitrogens with one attached hydrogen (secondary N) is 2. The summed E-state index contributed by atoms with van der Waals surface area (Å²) in [5, 5.41) is 7.08. The molecule has 40 heavy (non-hydrogen) atoms. The number of thiazole rings is 1. The Morgan fingerprint density at radius 3 is 2.48 bits per heavy atom. The van der Waals surface area contributed by atoms with E-state index in [9.17, 15) is 9.36 Å². The number of hydrogen-bond acceptors (Lipinski definition) is 11. The zero-order chi connectivity index (χ0) is 28.0. The summed E-state index contributed by atoms with van der Waals surface area (Å²) in [5.41, 5.74) is 1.46. The number of hydrogen-bond donors (Lipinski definition) is 2. The van der Waals surface area contributed by atoms with Crippen LogP contribution in [0.1, 0.15) is 34.9 Å². The first-order chi connectivity index (χ1) is 18.7. The Labute approximate surface area is 259 Å². The van der Waals surface area contributed by atoms with Crippen molar-refractivity contribution >= 4 is 81.9 Å². The van der Waals surface area contributed by atoms with Crippen LogP contribution >= 0.6 is 30.5 Å². The molecule has 11 nitrogen and oxygen atoms in total. The van der Waals surface area contributed by atoms with Crippen LogP contribution in [0.5, 0.6) is 0 Å². The van der Waals surface area contributed by atoms with Gasteiger partial charge < -0.3 is 24.6 Å². The number of halogens is 1. The molecule has 2 aromatic heterocycles. The minimum atomic E-state index is -3.13. The van der Waals surface area contributed by atoms with Crippen LogP contribution in [0.4, 0.5) is 22.5 Å². The number of carbonyl (C=O) groups excluding carboxylic acids is 1. The molecule has 15 heteroatoms. The minimum absolute atomic E-state index is 0. The van der Waals surface area contributed by atoms with Gasteiger partial charge in [0.15, 0.2) is 5.13 Å². The van der Waals surface area contributed by atoms with Gasteiger partial charge in [-0.15, -0.1) is 0 Å². The number of rotatable bonds is 11. The van der Waals surface area contributed by atoms with Gasteiger partial charge in [0, 0.05) is 32.2 Å². The molecule has 0 atom stereocenters. The van der Waals surface area contributed by atoms with Crippen molar-refractivity contribution in [1.29, 1.82) is 0 Å². The van der Waals surface area contributed by atoms with Gasteiger partial charge in [-0.25, -0.2) is 15.0 Å². The van der Waals surface area contributed by atoms with Gasteiger partial charge in [0.25, 0.3) is 5.91 Å². The van der Waals surface area contributed by atoms with Crippen LogP contribution < -0.4 is 15.5 Å². The fourth-order valence-electron chi connectivity index (χ4n) is 4.17. The number of para-hydroxylation sites is 1. The van der Waals surface area contributed by atoms with Gasteiger partial charge in [-0.3, -0.25) is 14.3 Å². The van der Waals surface area contributed by atoms with Crippen molar-refractivity contribution in [2.75, 3.05) is 61.2 Å². The molecule has 1 fully saturated rings. The summed E-state index contributed by atoms with van der Waals surface area (Å²) >= 11 is 7.46. The first-order valence-electron chi connectivity index (χ1n) is 12.7. The number of anilines is 4. The van der Waals surface area contributed by atoms with Crippen LogP contribution in [0.25, 0.3) is 0 Å². The van der Waals surface area contributed by atoms with Crippen molar-refractivity contribution in [3.8, 4) is 0 Å². The zero-order valence-corrected chi connectivity index (χ0v) is 27.0. The van der Waals surface area contributed by atoms with Crippen molar-refractivity contribution in [3.63, 3.8) is 0 Å². The maximum Gasteiger partial charge on any atom is 2.00 e. The molecule has 0 unspecified atom stereocenters. The Balaban J connectivity index is 0.00000441. The van der Waals surface area contributed by atoms with Gasteiger partial charge in [0.05, 0.1) is 30.1 Å². The van der Waals surface area contributed by atoms with E-state index in [1.165, 1.54) is 17.5 Å². The van der Waals surface area contributed by atoms with E-state index in [0.29, 0.717) is 71.8 Å². The van der Waals surface area contributed by atoms with E-state index in [0.717, 1.165) is 11.4 Å². The van der Waals surface area contributed by atoms with Crippen molar-refractivity contribution in [2.24, 2.45) is 0 Å². The van der Waals surface area contributed by atoms with Gasteiger partial charge >= 0.3 is 30.6 Å². The van der Waals surface area contributed by atoms with Crippen LogP contribution in [0.2, 0.25) is 5.02 Å². The molecule has 4 rings (SSSR count). The number of carbonyl (C=O) groups is 1. The summed E-state index contributed by atoms with van der Waals surface area (Å²) in [6.07, 6.45) is 1.79. The second-order valence-corrected chi connectivity index (χ2v) is 12.4.